The second-order valence-corrected chi connectivity index (χ2v) is 8.37. The predicted octanol–water partition coefficient (Wildman–Crippen LogP) is 3.27. The monoisotopic (exact) mass is 440 g/mol. The van der Waals surface area contributed by atoms with Gasteiger partial charge in [-0.3, -0.25) is 9.52 Å². The van der Waals surface area contributed by atoms with Crippen molar-refractivity contribution in [2.75, 3.05) is 23.8 Å². The summed E-state index contributed by atoms with van der Waals surface area (Å²) in [6.07, 6.45) is -0.859. The number of anilines is 2. The zero-order valence-electron chi connectivity index (χ0n) is 16.6. The number of amides is 1. The fraction of sp³-hybridized carbons (Fsp3) is 0.136. The van der Waals surface area contributed by atoms with E-state index in [1.165, 1.54) is 19.2 Å². The normalized spacial score (nSPS) is 15.1. The Bertz CT molecular complexity index is 1210. The smallest absolute Gasteiger partial charge is 0.269 e. The van der Waals surface area contributed by atoms with Gasteiger partial charge in [-0.2, -0.15) is 0 Å². The highest BCUT2D eigenvalue weighted by Gasteiger charge is 2.27. The van der Waals surface area contributed by atoms with E-state index in [1.807, 2.05) is 6.07 Å². The number of carbonyl (C=O) groups excluding carboxylic acids is 1. The summed E-state index contributed by atoms with van der Waals surface area (Å²) < 4.78 is 44.6. The Hall–Kier alpha value is -3.72. The van der Waals surface area contributed by atoms with Crippen molar-refractivity contribution in [3.8, 4) is 17.2 Å². The van der Waals surface area contributed by atoms with Gasteiger partial charge in [0.15, 0.2) is 11.5 Å². The van der Waals surface area contributed by atoms with Crippen LogP contribution in [0.3, 0.4) is 0 Å². The molecule has 0 aliphatic carbocycles. The van der Waals surface area contributed by atoms with E-state index in [0.717, 1.165) is 0 Å². The number of nitrogens with one attached hydrogen (secondary N) is 2. The van der Waals surface area contributed by atoms with E-state index >= 15 is 0 Å². The maximum absolute atomic E-state index is 12.8. The number of ether oxygens (including phenoxy) is 3. The summed E-state index contributed by atoms with van der Waals surface area (Å²) in [6.45, 7) is 0.0518. The minimum Gasteiger partial charge on any atom is -0.495 e. The van der Waals surface area contributed by atoms with Crippen molar-refractivity contribution in [1.82, 2.24) is 0 Å². The fourth-order valence-electron chi connectivity index (χ4n) is 3.05. The van der Waals surface area contributed by atoms with E-state index in [4.69, 9.17) is 14.2 Å². The topological polar surface area (TPSA) is 103 Å². The number of hydrogen-bond acceptors (Lipinski definition) is 6. The van der Waals surface area contributed by atoms with Gasteiger partial charge in [-0.1, -0.05) is 30.3 Å². The largest absolute Gasteiger partial charge is 0.495 e. The molecule has 0 bridgehead atoms. The minimum atomic E-state index is -3.91. The second kappa shape index (κ2) is 8.57. The van der Waals surface area contributed by atoms with Crippen molar-refractivity contribution < 1.29 is 27.4 Å². The lowest BCUT2D eigenvalue weighted by Crippen LogP contribution is -2.40. The van der Waals surface area contributed by atoms with Crippen LogP contribution in [0, 0.1) is 0 Å². The van der Waals surface area contributed by atoms with Gasteiger partial charge in [-0.05, 0) is 42.5 Å². The molecule has 9 heteroatoms. The molecule has 0 spiro atoms. The highest BCUT2D eigenvalue weighted by Crippen LogP contribution is 2.31. The lowest BCUT2D eigenvalue weighted by molar-refractivity contribution is -0.125. The van der Waals surface area contributed by atoms with Crippen LogP contribution >= 0.6 is 0 Å². The molecule has 160 valence electrons. The quantitative estimate of drug-likeness (QED) is 0.610. The number of carbonyl (C=O) groups is 1. The third kappa shape index (κ3) is 4.56. The molecule has 3 aromatic rings. The Morgan fingerprint density at radius 2 is 1.74 bits per heavy atom. The number of methoxy groups -OCH3 is 1. The predicted molar refractivity (Wildman–Crippen MR) is 115 cm³/mol. The molecule has 0 aromatic heterocycles. The van der Waals surface area contributed by atoms with E-state index < -0.39 is 22.0 Å². The molecule has 1 atom stereocenters. The maximum atomic E-state index is 12.8. The highest BCUT2D eigenvalue weighted by atomic mass is 32.2. The fourth-order valence-corrected chi connectivity index (χ4v) is 4.16. The lowest BCUT2D eigenvalue weighted by atomic mass is 10.2. The van der Waals surface area contributed by atoms with Crippen LogP contribution in [0.5, 0.6) is 17.2 Å². The van der Waals surface area contributed by atoms with Crippen molar-refractivity contribution in [3.05, 3.63) is 72.8 Å². The van der Waals surface area contributed by atoms with E-state index in [9.17, 15) is 13.2 Å². The van der Waals surface area contributed by atoms with E-state index in [-0.39, 0.29) is 11.5 Å². The van der Waals surface area contributed by atoms with Crippen molar-refractivity contribution in [2.24, 2.45) is 0 Å². The van der Waals surface area contributed by atoms with Gasteiger partial charge in [0.2, 0.25) is 6.10 Å². The molecule has 0 saturated heterocycles. The summed E-state index contributed by atoms with van der Waals surface area (Å²) in [4.78, 5) is 12.6. The zero-order chi connectivity index (χ0) is 21.8. The second-order valence-electron chi connectivity index (χ2n) is 6.69. The molecule has 1 aliphatic heterocycles. The molecular formula is C22H20N2O6S. The highest BCUT2D eigenvalue weighted by molar-refractivity contribution is 7.92. The van der Waals surface area contributed by atoms with E-state index in [2.05, 4.69) is 10.0 Å². The van der Waals surface area contributed by atoms with Crippen molar-refractivity contribution in [3.63, 3.8) is 0 Å². The van der Waals surface area contributed by atoms with Gasteiger partial charge in [-0.25, -0.2) is 8.42 Å². The molecule has 0 fully saturated rings. The molecule has 0 saturated carbocycles. The van der Waals surface area contributed by atoms with Gasteiger partial charge in [0.05, 0.1) is 17.7 Å². The van der Waals surface area contributed by atoms with Crippen molar-refractivity contribution >= 4 is 27.3 Å². The van der Waals surface area contributed by atoms with Gasteiger partial charge in [0, 0.05) is 5.69 Å². The average Bonchev–Trinajstić information content (AvgIpc) is 2.79. The Morgan fingerprint density at radius 1 is 1.00 bits per heavy atom. The number of benzene rings is 3. The van der Waals surface area contributed by atoms with Crippen LogP contribution < -0.4 is 24.2 Å². The Kier molecular flexibility index (Phi) is 5.68. The first-order valence-corrected chi connectivity index (χ1v) is 10.9. The van der Waals surface area contributed by atoms with Crippen LogP contribution in [0.15, 0.2) is 77.7 Å². The first-order valence-electron chi connectivity index (χ1n) is 9.41. The number of fused-ring (bicyclic) bond motifs is 1. The lowest BCUT2D eigenvalue weighted by Gasteiger charge is -2.25. The van der Waals surface area contributed by atoms with Crippen molar-refractivity contribution in [2.45, 2.75) is 11.0 Å². The number of sulfonamides is 1. The van der Waals surface area contributed by atoms with Gasteiger partial charge in [0.1, 0.15) is 12.4 Å². The summed E-state index contributed by atoms with van der Waals surface area (Å²) in [5.74, 6) is 1.00. The molecule has 1 aliphatic rings. The van der Waals surface area contributed by atoms with Crippen LogP contribution in [0.4, 0.5) is 11.4 Å². The zero-order valence-corrected chi connectivity index (χ0v) is 17.4. The standard InChI is InChI=1S/C22H20N2O6S/c1-28-18-10-3-2-9-17(18)24-31(26,27)16-8-6-7-15(13-16)23-22(25)21-14-29-19-11-4-5-12-20(19)30-21/h2-13,21,24H,14H2,1H3,(H,23,25)/t21-/m0/s1. The van der Waals surface area contributed by atoms with Crippen LogP contribution in [0.1, 0.15) is 0 Å². The molecule has 1 heterocycles. The molecule has 31 heavy (non-hydrogen) atoms. The summed E-state index contributed by atoms with van der Waals surface area (Å²) in [5, 5.41) is 2.68. The first-order chi connectivity index (χ1) is 15.0. The average molecular weight is 440 g/mol. The summed E-state index contributed by atoms with van der Waals surface area (Å²) in [5.41, 5.74) is 0.626. The maximum Gasteiger partial charge on any atom is 0.269 e. The Labute approximate surface area is 179 Å². The number of hydrogen-bond donors (Lipinski definition) is 2. The molecule has 0 unspecified atom stereocenters. The molecule has 2 N–H and O–H groups in total. The van der Waals surface area contributed by atoms with Crippen LogP contribution in [-0.4, -0.2) is 34.1 Å². The van der Waals surface area contributed by atoms with Gasteiger partial charge in [-0.15, -0.1) is 0 Å². The van der Waals surface area contributed by atoms with Crippen LogP contribution in [0.25, 0.3) is 0 Å². The van der Waals surface area contributed by atoms with Gasteiger partial charge >= 0.3 is 0 Å². The van der Waals surface area contributed by atoms with E-state index in [0.29, 0.717) is 28.6 Å². The Balaban J connectivity index is 1.49. The molecule has 1 amide bonds. The van der Waals surface area contributed by atoms with Gasteiger partial charge < -0.3 is 19.5 Å². The molecule has 3 aromatic carbocycles. The number of rotatable bonds is 6. The summed E-state index contributed by atoms with van der Waals surface area (Å²) in [6, 6.07) is 19.7. The summed E-state index contributed by atoms with van der Waals surface area (Å²) >= 11 is 0. The number of para-hydroxylation sites is 4. The summed E-state index contributed by atoms with van der Waals surface area (Å²) in [7, 11) is -2.45. The molecule has 4 rings (SSSR count). The van der Waals surface area contributed by atoms with Crippen LogP contribution in [-0.2, 0) is 14.8 Å². The van der Waals surface area contributed by atoms with E-state index in [1.54, 1.807) is 54.6 Å². The van der Waals surface area contributed by atoms with Gasteiger partial charge in [0.25, 0.3) is 15.9 Å². The molecule has 8 nitrogen and oxygen atoms in total. The molecule has 0 radical (unpaired) electrons. The van der Waals surface area contributed by atoms with Crippen molar-refractivity contribution in [1.29, 1.82) is 0 Å². The third-order valence-corrected chi connectivity index (χ3v) is 5.93. The van der Waals surface area contributed by atoms with Crippen LogP contribution in [0.2, 0.25) is 0 Å². The minimum absolute atomic E-state index is 0.0117. The Morgan fingerprint density at radius 3 is 2.55 bits per heavy atom. The SMILES string of the molecule is COc1ccccc1NS(=O)(=O)c1cccc(NC(=O)[C@@H]2COc3ccccc3O2)c1. The molecular weight excluding hydrogens is 420 g/mol. The third-order valence-electron chi connectivity index (χ3n) is 4.56. The first kappa shape index (κ1) is 20.5.